The molecule has 1 heterocycles. The highest BCUT2D eigenvalue weighted by Crippen LogP contribution is 2.21. The molecule has 10 heteroatoms. The van der Waals surface area contributed by atoms with Crippen LogP contribution >= 0.6 is 12.4 Å². The molecule has 1 fully saturated rings. The Balaban J connectivity index is 0.00000220. The fourth-order valence-corrected chi connectivity index (χ4v) is 4.19. The third-order valence-corrected chi connectivity index (χ3v) is 6.18. The van der Waals surface area contributed by atoms with Gasteiger partial charge in [-0.25, -0.2) is 22.0 Å². The average molecular weight is 356 g/mol. The molecule has 0 saturated carbocycles. The maximum absolute atomic E-state index is 12.5. The summed E-state index contributed by atoms with van der Waals surface area (Å²) in [4.78, 5) is -0.282. The molecular formula is C11H18ClN3O4S2. The highest BCUT2D eigenvalue weighted by atomic mass is 35.5. The van der Waals surface area contributed by atoms with Gasteiger partial charge in [0.15, 0.2) is 0 Å². The van der Waals surface area contributed by atoms with E-state index in [4.69, 9.17) is 5.14 Å². The Kier molecular flexibility index (Phi) is 5.76. The predicted molar refractivity (Wildman–Crippen MR) is 81.3 cm³/mol. The smallest absolute Gasteiger partial charge is 0.243 e. The number of hydrogen-bond acceptors (Lipinski definition) is 5. The SMILES string of the molecule is CN(C1CCNC1)S(=O)(=O)c1cccc(S(N)(=O)=O)c1.Cl. The summed E-state index contributed by atoms with van der Waals surface area (Å²) in [6.07, 6.45) is 0.727. The molecular weight excluding hydrogens is 338 g/mol. The van der Waals surface area contributed by atoms with Gasteiger partial charge in [-0.05, 0) is 31.2 Å². The molecule has 1 atom stereocenters. The molecule has 0 amide bonds. The second kappa shape index (κ2) is 6.59. The van der Waals surface area contributed by atoms with Crippen LogP contribution in [0.2, 0.25) is 0 Å². The number of halogens is 1. The van der Waals surface area contributed by atoms with Gasteiger partial charge in [0.05, 0.1) is 9.79 Å². The van der Waals surface area contributed by atoms with E-state index in [0.717, 1.165) is 19.0 Å². The molecule has 1 aliphatic rings. The number of nitrogens with two attached hydrogens (primary N) is 1. The molecule has 0 spiro atoms. The van der Waals surface area contributed by atoms with E-state index < -0.39 is 20.0 Å². The minimum absolute atomic E-state index is 0. The van der Waals surface area contributed by atoms with Crippen LogP contribution in [0.5, 0.6) is 0 Å². The first-order valence-corrected chi connectivity index (χ1v) is 9.03. The van der Waals surface area contributed by atoms with Crippen molar-refractivity contribution in [1.82, 2.24) is 9.62 Å². The fourth-order valence-electron chi connectivity index (χ4n) is 2.12. The number of rotatable bonds is 4. The fraction of sp³-hybridized carbons (Fsp3) is 0.455. The van der Waals surface area contributed by atoms with Gasteiger partial charge in [-0.1, -0.05) is 6.07 Å². The van der Waals surface area contributed by atoms with Gasteiger partial charge >= 0.3 is 0 Å². The lowest BCUT2D eigenvalue weighted by Gasteiger charge is -2.23. The summed E-state index contributed by atoms with van der Waals surface area (Å²) < 4.78 is 48.8. The average Bonchev–Trinajstić information content (AvgIpc) is 2.90. The standard InChI is InChI=1S/C11H17N3O4S2.ClH/c1-14(9-5-6-13-8-9)20(17,18)11-4-2-3-10(7-11)19(12,15)16;/h2-4,7,9,13H,5-6,8H2,1H3,(H2,12,15,16);1H. The highest BCUT2D eigenvalue weighted by Gasteiger charge is 2.30. The molecule has 0 bridgehead atoms. The van der Waals surface area contributed by atoms with Gasteiger partial charge in [0.2, 0.25) is 20.0 Å². The normalized spacial score (nSPS) is 19.5. The molecule has 0 aromatic heterocycles. The van der Waals surface area contributed by atoms with Crippen LogP contribution in [-0.2, 0) is 20.0 Å². The molecule has 120 valence electrons. The van der Waals surface area contributed by atoms with E-state index in [-0.39, 0.29) is 28.2 Å². The van der Waals surface area contributed by atoms with Crippen molar-refractivity contribution in [2.75, 3.05) is 20.1 Å². The Bertz CT molecular complexity index is 700. The maximum atomic E-state index is 12.5. The first-order chi connectivity index (χ1) is 9.23. The van der Waals surface area contributed by atoms with E-state index >= 15 is 0 Å². The van der Waals surface area contributed by atoms with Crippen molar-refractivity contribution in [3.63, 3.8) is 0 Å². The van der Waals surface area contributed by atoms with Crippen LogP contribution in [0.1, 0.15) is 6.42 Å². The van der Waals surface area contributed by atoms with Crippen molar-refractivity contribution in [3.05, 3.63) is 24.3 Å². The summed E-state index contributed by atoms with van der Waals surface area (Å²) in [5, 5.41) is 8.11. The third kappa shape index (κ3) is 3.93. The van der Waals surface area contributed by atoms with Gasteiger partial charge in [0, 0.05) is 19.6 Å². The number of hydrogen-bond donors (Lipinski definition) is 2. The van der Waals surface area contributed by atoms with E-state index in [1.165, 1.54) is 29.6 Å². The summed E-state index contributed by atoms with van der Waals surface area (Å²) >= 11 is 0. The van der Waals surface area contributed by atoms with E-state index in [9.17, 15) is 16.8 Å². The van der Waals surface area contributed by atoms with Crippen LogP contribution in [0.4, 0.5) is 0 Å². The quantitative estimate of drug-likeness (QED) is 0.773. The minimum Gasteiger partial charge on any atom is -0.315 e. The molecule has 1 aromatic rings. The van der Waals surface area contributed by atoms with Gasteiger partial charge < -0.3 is 5.32 Å². The van der Waals surface area contributed by atoms with E-state index in [0.29, 0.717) is 6.54 Å². The Morgan fingerprint density at radius 3 is 2.38 bits per heavy atom. The molecule has 1 aliphatic heterocycles. The van der Waals surface area contributed by atoms with Crippen LogP contribution in [0, 0.1) is 0 Å². The van der Waals surface area contributed by atoms with Crippen LogP contribution < -0.4 is 10.5 Å². The summed E-state index contributed by atoms with van der Waals surface area (Å²) in [6, 6.07) is 4.96. The van der Waals surface area contributed by atoms with Crippen molar-refractivity contribution in [2.45, 2.75) is 22.3 Å². The molecule has 1 saturated heterocycles. The summed E-state index contributed by atoms with van der Waals surface area (Å²) in [7, 11) is -6.16. The van der Waals surface area contributed by atoms with Gasteiger partial charge in [-0.15, -0.1) is 12.4 Å². The first-order valence-electron chi connectivity index (χ1n) is 6.04. The van der Waals surface area contributed by atoms with Crippen LogP contribution in [-0.4, -0.2) is 47.3 Å². The first kappa shape index (κ1) is 18.3. The topological polar surface area (TPSA) is 110 Å². The molecule has 21 heavy (non-hydrogen) atoms. The predicted octanol–water partition coefficient (Wildman–Crippen LogP) is -0.262. The van der Waals surface area contributed by atoms with E-state index in [1.807, 2.05) is 0 Å². The van der Waals surface area contributed by atoms with Crippen molar-refractivity contribution in [1.29, 1.82) is 0 Å². The molecule has 0 radical (unpaired) electrons. The Morgan fingerprint density at radius 2 is 1.86 bits per heavy atom. The Hall–Kier alpha value is -0.710. The zero-order valence-electron chi connectivity index (χ0n) is 11.4. The number of nitrogens with one attached hydrogen (secondary N) is 1. The number of benzene rings is 1. The lowest BCUT2D eigenvalue weighted by atomic mass is 10.3. The summed E-state index contributed by atoms with van der Waals surface area (Å²) in [5.41, 5.74) is 0. The van der Waals surface area contributed by atoms with Crippen LogP contribution in [0.3, 0.4) is 0 Å². The monoisotopic (exact) mass is 355 g/mol. The van der Waals surface area contributed by atoms with Crippen LogP contribution in [0.15, 0.2) is 34.1 Å². The van der Waals surface area contributed by atoms with E-state index in [1.54, 1.807) is 0 Å². The van der Waals surface area contributed by atoms with Gasteiger partial charge in [0.25, 0.3) is 0 Å². The maximum Gasteiger partial charge on any atom is 0.243 e. The zero-order valence-corrected chi connectivity index (χ0v) is 13.8. The van der Waals surface area contributed by atoms with Crippen molar-refractivity contribution in [2.24, 2.45) is 5.14 Å². The second-order valence-corrected chi connectivity index (χ2v) is 8.25. The Labute approximate surface area is 131 Å². The number of likely N-dealkylation sites (N-methyl/N-ethyl adjacent to an activating group) is 1. The molecule has 1 aromatic carbocycles. The third-order valence-electron chi connectivity index (χ3n) is 3.36. The number of sulfonamides is 2. The van der Waals surface area contributed by atoms with Crippen molar-refractivity contribution < 1.29 is 16.8 Å². The lowest BCUT2D eigenvalue weighted by molar-refractivity contribution is 0.387. The summed E-state index contributed by atoms with van der Waals surface area (Å²) in [5.74, 6) is 0. The van der Waals surface area contributed by atoms with Crippen molar-refractivity contribution in [3.8, 4) is 0 Å². The lowest BCUT2D eigenvalue weighted by Crippen LogP contribution is -2.38. The van der Waals surface area contributed by atoms with Gasteiger partial charge in [-0.2, -0.15) is 4.31 Å². The second-order valence-electron chi connectivity index (χ2n) is 4.69. The Morgan fingerprint density at radius 1 is 1.24 bits per heavy atom. The van der Waals surface area contributed by atoms with E-state index in [2.05, 4.69) is 5.32 Å². The molecule has 0 aliphatic carbocycles. The largest absolute Gasteiger partial charge is 0.315 e. The molecule has 2 rings (SSSR count). The summed E-state index contributed by atoms with van der Waals surface area (Å²) in [6.45, 7) is 1.35. The van der Waals surface area contributed by atoms with Gasteiger partial charge in [-0.3, -0.25) is 0 Å². The zero-order chi connectivity index (χ0) is 15.0. The minimum atomic E-state index is -3.93. The van der Waals surface area contributed by atoms with Crippen molar-refractivity contribution >= 4 is 32.5 Å². The molecule has 1 unspecified atom stereocenters. The van der Waals surface area contributed by atoms with Crippen LogP contribution in [0.25, 0.3) is 0 Å². The number of nitrogens with zero attached hydrogens (tertiary/aromatic N) is 1. The highest BCUT2D eigenvalue weighted by molar-refractivity contribution is 7.90. The molecule has 3 N–H and O–H groups in total. The molecule has 7 nitrogen and oxygen atoms in total. The van der Waals surface area contributed by atoms with Gasteiger partial charge in [0.1, 0.15) is 0 Å². The number of primary sulfonamides is 1.